The minimum absolute atomic E-state index is 0.273. The van der Waals surface area contributed by atoms with Crippen molar-refractivity contribution in [1.82, 2.24) is 14.8 Å². The van der Waals surface area contributed by atoms with E-state index in [1.54, 1.807) is 18.0 Å². The lowest BCUT2D eigenvalue weighted by Gasteiger charge is -2.12. The van der Waals surface area contributed by atoms with Crippen LogP contribution >= 0.6 is 11.8 Å². The molecule has 0 fully saturated rings. The summed E-state index contributed by atoms with van der Waals surface area (Å²) >= 11 is 1.70. The molecule has 0 aliphatic carbocycles. The van der Waals surface area contributed by atoms with Gasteiger partial charge >= 0.3 is 0 Å². The number of furan rings is 1. The van der Waals surface area contributed by atoms with E-state index in [1.807, 2.05) is 12.1 Å². The zero-order valence-electron chi connectivity index (χ0n) is 13.0. The van der Waals surface area contributed by atoms with E-state index in [0.29, 0.717) is 0 Å². The average Bonchev–Trinajstić information content (AvgIpc) is 3.14. The third-order valence-electron chi connectivity index (χ3n) is 3.37. The summed E-state index contributed by atoms with van der Waals surface area (Å²) in [4.78, 5) is 0. The summed E-state index contributed by atoms with van der Waals surface area (Å²) < 4.78 is 7.59. The molecule has 0 unspecified atom stereocenters. The molecule has 2 heterocycles. The van der Waals surface area contributed by atoms with Gasteiger partial charge in [0.05, 0.1) is 6.26 Å². The molecule has 0 saturated carbocycles. The number of nitrogens with zero attached hydrogens (tertiary/aromatic N) is 3. The normalized spacial score (nSPS) is 11.3. The van der Waals surface area contributed by atoms with Crippen molar-refractivity contribution in [3.8, 4) is 11.6 Å². The lowest BCUT2D eigenvalue weighted by molar-refractivity contribution is 0.529. The van der Waals surface area contributed by atoms with E-state index in [0.717, 1.165) is 22.5 Å². The number of aryl methyl sites for hydroxylation is 1. The molecule has 0 spiro atoms. The van der Waals surface area contributed by atoms with Crippen molar-refractivity contribution in [1.29, 1.82) is 0 Å². The zero-order chi connectivity index (χ0) is 15.5. The summed E-state index contributed by atoms with van der Waals surface area (Å²) in [5, 5.41) is 9.57. The number of hydrogen-bond acceptors (Lipinski definition) is 4. The Balaban J connectivity index is 1.85. The summed E-state index contributed by atoms with van der Waals surface area (Å²) in [7, 11) is 0. The minimum atomic E-state index is 0.273. The van der Waals surface area contributed by atoms with Crippen LogP contribution in [0, 0.1) is 6.92 Å². The van der Waals surface area contributed by atoms with E-state index >= 15 is 0 Å². The molecular formula is C17H19N3OS. The van der Waals surface area contributed by atoms with Gasteiger partial charge in [0.15, 0.2) is 10.9 Å². The highest BCUT2D eigenvalue weighted by molar-refractivity contribution is 7.98. The molecule has 3 rings (SSSR count). The van der Waals surface area contributed by atoms with Crippen LogP contribution in [0.2, 0.25) is 0 Å². The molecule has 4 nitrogen and oxygen atoms in total. The molecule has 1 aromatic carbocycles. The van der Waals surface area contributed by atoms with E-state index in [2.05, 4.69) is 59.8 Å². The van der Waals surface area contributed by atoms with Gasteiger partial charge in [-0.15, -0.1) is 10.2 Å². The Morgan fingerprint density at radius 1 is 1.18 bits per heavy atom. The van der Waals surface area contributed by atoms with Gasteiger partial charge in [-0.05, 0) is 38.5 Å². The predicted molar refractivity (Wildman–Crippen MR) is 88.8 cm³/mol. The Bertz CT molecular complexity index is 747. The van der Waals surface area contributed by atoms with Crippen molar-refractivity contribution in [2.75, 3.05) is 0 Å². The Hall–Kier alpha value is -2.01. The predicted octanol–water partition coefficient (Wildman–Crippen LogP) is 4.72. The summed E-state index contributed by atoms with van der Waals surface area (Å²) in [6.45, 7) is 6.37. The first-order chi connectivity index (χ1) is 10.6. The molecule has 0 saturated heterocycles. The molecule has 0 aliphatic heterocycles. The van der Waals surface area contributed by atoms with Crippen molar-refractivity contribution in [3.05, 3.63) is 53.8 Å². The van der Waals surface area contributed by atoms with E-state index in [4.69, 9.17) is 4.42 Å². The Kier molecular flexibility index (Phi) is 4.34. The van der Waals surface area contributed by atoms with Crippen molar-refractivity contribution < 1.29 is 4.42 Å². The summed E-state index contributed by atoms with van der Waals surface area (Å²) in [5.74, 6) is 2.42. The smallest absolute Gasteiger partial charge is 0.200 e. The van der Waals surface area contributed by atoms with E-state index in [-0.39, 0.29) is 6.04 Å². The third-order valence-corrected chi connectivity index (χ3v) is 4.39. The monoisotopic (exact) mass is 313 g/mol. The van der Waals surface area contributed by atoms with Gasteiger partial charge in [-0.3, -0.25) is 4.57 Å². The number of hydrogen-bond donors (Lipinski definition) is 0. The fraction of sp³-hybridized carbons (Fsp3) is 0.294. The van der Waals surface area contributed by atoms with Crippen LogP contribution in [0.4, 0.5) is 0 Å². The maximum absolute atomic E-state index is 5.47. The number of thioether (sulfide) groups is 1. The van der Waals surface area contributed by atoms with Crippen molar-refractivity contribution >= 4 is 11.8 Å². The molecule has 0 atom stereocenters. The van der Waals surface area contributed by atoms with Gasteiger partial charge in [-0.25, -0.2) is 0 Å². The molecule has 22 heavy (non-hydrogen) atoms. The minimum Gasteiger partial charge on any atom is -0.461 e. The van der Waals surface area contributed by atoms with Crippen molar-refractivity contribution in [3.63, 3.8) is 0 Å². The highest BCUT2D eigenvalue weighted by Crippen LogP contribution is 2.29. The number of benzene rings is 1. The van der Waals surface area contributed by atoms with Gasteiger partial charge in [0.1, 0.15) is 0 Å². The molecule has 0 bridgehead atoms. The van der Waals surface area contributed by atoms with E-state index in [1.165, 1.54) is 11.1 Å². The topological polar surface area (TPSA) is 43.9 Å². The maximum Gasteiger partial charge on any atom is 0.200 e. The second kappa shape index (κ2) is 6.40. The van der Waals surface area contributed by atoms with E-state index < -0.39 is 0 Å². The fourth-order valence-electron chi connectivity index (χ4n) is 2.36. The summed E-state index contributed by atoms with van der Waals surface area (Å²) in [6, 6.07) is 12.6. The van der Waals surface area contributed by atoms with Crippen LogP contribution in [0.15, 0.2) is 52.2 Å². The second-order valence-electron chi connectivity index (χ2n) is 5.52. The van der Waals surface area contributed by atoms with Gasteiger partial charge in [0, 0.05) is 11.8 Å². The third kappa shape index (κ3) is 3.09. The van der Waals surface area contributed by atoms with Crippen LogP contribution in [0.25, 0.3) is 11.6 Å². The van der Waals surface area contributed by atoms with Crippen LogP contribution in [-0.4, -0.2) is 14.8 Å². The summed E-state index contributed by atoms with van der Waals surface area (Å²) in [6.07, 6.45) is 1.66. The first-order valence-corrected chi connectivity index (χ1v) is 8.31. The SMILES string of the molecule is Cc1cccc(CSc2nnc(-c3ccco3)n2C(C)C)c1. The van der Waals surface area contributed by atoms with Crippen molar-refractivity contribution in [2.24, 2.45) is 0 Å². The summed E-state index contributed by atoms with van der Waals surface area (Å²) in [5.41, 5.74) is 2.57. The van der Waals surface area contributed by atoms with Gasteiger partial charge in [-0.2, -0.15) is 0 Å². The highest BCUT2D eigenvalue weighted by Gasteiger charge is 2.18. The zero-order valence-corrected chi connectivity index (χ0v) is 13.8. The Labute approximate surface area is 134 Å². The quantitative estimate of drug-likeness (QED) is 0.639. The molecule has 0 N–H and O–H groups in total. The first kappa shape index (κ1) is 14.9. The molecule has 5 heteroatoms. The van der Waals surface area contributed by atoms with Crippen LogP contribution in [-0.2, 0) is 5.75 Å². The molecule has 2 aromatic heterocycles. The first-order valence-electron chi connectivity index (χ1n) is 7.32. The van der Waals surface area contributed by atoms with Crippen LogP contribution < -0.4 is 0 Å². The lowest BCUT2D eigenvalue weighted by Crippen LogP contribution is -2.04. The lowest BCUT2D eigenvalue weighted by atomic mass is 10.2. The van der Waals surface area contributed by atoms with E-state index in [9.17, 15) is 0 Å². The molecule has 3 aromatic rings. The van der Waals surface area contributed by atoms with Crippen LogP contribution in [0.5, 0.6) is 0 Å². The van der Waals surface area contributed by atoms with Gasteiger partial charge in [0.25, 0.3) is 0 Å². The molecule has 0 radical (unpaired) electrons. The van der Waals surface area contributed by atoms with Crippen LogP contribution in [0.1, 0.15) is 31.0 Å². The molecule has 114 valence electrons. The maximum atomic E-state index is 5.47. The Morgan fingerprint density at radius 3 is 2.73 bits per heavy atom. The largest absolute Gasteiger partial charge is 0.461 e. The molecule has 0 amide bonds. The number of rotatable bonds is 5. The van der Waals surface area contributed by atoms with Crippen LogP contribution in [0.3, 0.4) is 0 Å². The fourth-order valence-corrected chi connectivity index (χ4v) is 3.37. The van der Waals surface area contributed by atoms with Gasteiger partial charge < -0.3 is 4.42 Å². The Morgan fingerprint density at radius 2 is 2.05 bits per heavy atom. The molecular weight excluding hydrogens is 294 g/mol. The molecule has 0 aliphatic rings. The average molecular weight is 313 g/mol. The van der Waals surface area contributed by atoms with Gasteiger partial charge in [0.2, 0.25) is 5.82 Å². The standard InChI is InChI=1S/C17H19N3OS/c1-12(2)20-16(15-8-5-9-21-15)18-19-17(20)22-11-14-7-4-6-13(3)10-14/h4-10,12H,11H2,1-3H3. The second-order valence-corrected chi connectivity index (χ2v) is 6.47. The van der Waals surface area contributed by atoms with Crippen molar-refractivity contribution in [2.45, 2.75) is 37.7 Å². The van der Waals surface area contributed by atoms with Gasteiger partial charge in [-0.1, -0.05) is 41.6 Å². The highest BCUT2D eigenvalue weighted by atomic mass is 32.2. The number of aromatic nitrogens is 3.